The summed E-state index contributed by atoms with van der Waals surface area (Å²) >= 11 is 6.31. The van der Waals surface area contributed by atoms with Crippen LogP contribution in [0, 0.1) is 0 Å². The van der Waals surface area contributed by atoms with Crippen molar-refractivity contribution in [2.45, 2.75) is 32.0 Å². The van der Waals surface area contributed by atoms with Crippen LogP contribution in [0.2, 0.25) is 5.02 Å². The second kappa shape index (κ2) is 15.6. The molecule has 0 amide bonds. The molecular formula is C34H32Cl2F3NO3. The smallest absolute Gasteiger partial charge is 0.417 e. The third-order valence-electron chi connectivity index (χ3n) is 6.77. The van der Waals surface area contributed by atoms with Crippen LogP contribution >= 0.6 is 24.0 Å². The Balaban J connectivity index is 0.000000954. The summed E-state index contributed by atoms with van der Waals surface area (Å²) in [7, 11) is 0. The van der Waals surface area contributed by atoms with Gasteiger partial charge in [-0.3, -0.25) is 9.69 Å². The number of rotatable bonds is 9. The van der Waals surface area contributed by atoms with E-state index in [1.165, 1.54) is 6.07 Å². The minimum Gasteiger partial charge on any atom is -0.481 e. The van der Waals surface area contributed by atoms with E-state index < -0.39 is 17.7 Å². The molecule has 1 aromatic heterocycles. The molecule has 0 aliphatic heterocycles. The van der Waals surface area contributed by atoms with Crippen molar-refractivity contribution in [3.05, 3.63) is 142 Å². The molecule has 0 spiro atoms. The van der Waals surface area contributed by atoms with E-state index in [-0.39, 0.29) is 29.9 Å². The van der Waals surface area contributed by atoms with Gasteiger partial charge in [-0.15, -0.1) is 12.4 Å². The Labute approximate surface area is 260 Å². The zero-order valence-corrected chi connectivity index (χ0v) is 25.0. The summed E-state index contributed by atoms with van der Waals surface area (Å²) in [5.41, 5.74) is 2.74. The van der Waals surface area contributed by atoms with Crippen LogP contribution in [0.15, 0.2) is 114 Å². The van der Waals surface area contributed by atoms with E-state index in [0.717, 1.165) is 40.8 Å². The van der Waals surface area contributed by atoms with E-state index in [1.807, 2.05) is 66.7 Å². The van der Waals surface area contributed by atoms with E-state index in [0.29, 0.717) is 25.1 Å². The Morgan fingerprint density at radius 2 is 1.44 bits per heavy atom. The zero-order chi connectivity index (χ0) is 30.1. The van der Waals surface area contributed by atoms with Gasteiger partial charge in [0.2, 0.25) is 0 Å². The molecule has 43 heavy (non-hydrogen) atoms. The van der Waals surface area contributed by atoms with Gasteiger partial charge in [-0.25, -0.2) is 0 Å². The minimum atomic E-state index is -4.51. The Kier molecular flexibility index (Phi) is 12.2. The van der Waals surface area contributed by atoms with Gasteiger partial charge >= 0.3 is 6.18 Å². The molecule has 0 saturated carbocycles. The second-order valence-electron chi connectivity index (χ2n) is 9.91. The zero-order valence-electron chi connectivity index (χ0n) is 23.4. The number of para-hydroxylation sites is 1. The molecule has 0 atom stereocenters. The highest BCUT2D eigenvalue weighted by Gasteiger charge is 2.34. The number of hydrogen-bond donors (Lipinski definition) is 1. The molecule has 4 aromatic carbocycles. The van der Waals surface area contributed by atoms with Gasteiger partial charge in [0.15, 0.2) is 0 Å². The first-order chi connectivity index (χ1) is 20.1. The third kappa shape index (κ3) is 9.61. The molecule has 0 aliphatic rings. The summed E-state index contributed by atoms with van der Waals surface area (Å²) in [4.78, 5) is 11.2. The Morgan fingerprint density at radius 3 is 2.00 bits per heavy atom. The van der Waals surface area contributed by atoms with Crippen molar-refractivity contribution in [1.82, 2.24) is 4.90 Å². The van der Waals surface area contributed by atoms with E-state index in [2.05, 4.69) is 29.2 Å². The van der Waals surface area contributed by atoms with Crippen LogP contribution in [-0.4, -0.2) is 29.1 Å². The van der Waals surface area contributed by atoms with Crippen molar-refractivity contribution >= 4 is 40.9 Å². The summed E-state index contributed by atoms with van der Waals surface area (Å²) < 4.78 is 46.8. The molecule has 0 radical (unpaired) electrons. The number of aliphatic carboxylic acids is 1. The fourth-order valence-electron chi connectivity index (χ4n) is 4.86. The van der Waals surface area contributed by atoms with E-state index >= 15 is 0 Å². The topological polar surface area (TPSA) is 53.7 Å². The molecule has 0 fully saturated rings. The molecule has 0 unspecified atom stereocenters. The number of nitrogens with zero attached hydrogens (tertiary/aromatic N) is 1. The van der Waals surface area contributed by atoms with Crippen molar-refractivity contribution < 1.29 is 27.5 Å². The van der Waals surface area contributed by atoms with Gasteiger partial charge in [0.25, 0.3) is 5.97 Å². The second-order valence-corrected chi connectivity index (χ2v) is 10.3. The lowest BCUT2D eigenvalue weighted by atomic mass is 9.90. The van der Waals surface area contributed by atoms with Crippen molar-refractivity contribution in [3.8, 4) is 0 Å². The monoisotopic (exact) mass is 629 g/mol. The van der Waals surface area contributed by atoms with Crippen LogP contribution in [0.3, 0.4) is 0 Å². The lowest BCUT2D eigenvalue weighted by Crippen LogP contribution is -2.31. The SMILES string of the molecule is CC(=O)O.Cl.FC(F)(F)c1cccc(CN(CCc2cc3ccccc3o2)CC(c2ccccc2)c2ccccc2)c1Cl. The molecule has 1 N–H and O–H groups in total. The molecule has 5 rings (SSSR count). The average molecular weight is 631 g/mol. The van der Waals surface area contributed by atoms with Crippen LogP contribution in [-0.2, 0) is 23.9 Å². The predicted octanol–water partition coefficient (Wildman–Crippen LogP) is 9.49. The first-order valence-corrected chi connectivity index (χ1v) is 13.8. The highest BCUT2D eigenvalue weighted by Crippen LogP contribution is 2.37. The van der Waals surface area contributed by atoms with Crippen molar-refractivity contribution in [1.29, 1.82) is 0 Å². The summed E-state index contributed by atoms with van der Waals surface area (Å²) in [6, 6.07) is 34.3. The quantitative estimate of drug-likeness (QED) is 0.176. The van der Waals surface area contributed by atoms with E-state index in [1.54, 1.807) is 6.07 Å². The van der Waals surface area contributed by atoms with Crippen LogP contribution < -0.4 is 0 Å². The van der Waals surface area contributed by atoms with Crippen molar-refractivity contribution in [3.63, 3.8) is 0 Å². The number of benzene rings is 4. The number of carboxylic acids is 1. The molecule has 226 valence electrons. The molecule has 0 saturated heterocycles. The maximum atomic E-state index is 13.6. The molecule has 4 nitrogen and oxygen atoms in total. The number of hydrogen-bond acceptors (Lipinski definition) is 3. The molecular weight excluding hydrogens is 598 g/mol. The van der Waals surface area contributed by atoms with Gasteiger partial charge in [0.1, 0.15) is 11.3 Å². The number of furan rings is 1. The van der Waals surface area contributed by atoms with E-state index in [9.17, 15) is 13.2 Å². The summed E-state index contributed by atoms with van der Waals surface area (Å²) in [5.74, 6) is 0.0277. The van der Waals surface area contributed by atoms with Crippen LogP contribution in [0.1, 0.15) is 40.9 Å². The standard InChI is InChI=1S/C32H27ClF3NO.C2H4O2.ClH/c33-31-26(15-9-16-29(31)32(34,35)36)21-37(19-18-27-20-25-14-7-8-17-30(25)38-27)22-28(23-10-3-1-4-11-23)24-12-5-2-6-13-24;1-2(3)4;/h1-17,20,28H,18-19,21-22H2;1H3,(H,3,4);1H. The lowest BCUT2D eigenvalue weighted by molar-refractivity contribution is -0.137. The number of fused-ring (bicyclic) bond motifs is 1. The van der Waals surface area contributed by atoms with Crippen molar-refractivity contribution in [2.75, 3.05) is 13.1 Å². The number of carboxylic acid groups (broad SMARTS) is 1. The maximum absolute atomic E-state index is 13.6. The maximum Gasteiger partial charge on any atom is 0.417 e. The largest absolute Gasteiger partial charge is 0.481 e. The number of carbonyl (C=O) groups is 1. The predicted molar refractivity (Wildman–Crippen MR) is 167 cm³/mol. The first-order valence-electron chi connectivity index (χ1n) is 13.5. The van der Waals surface area contributed by atoms with Crippen molar-refractivity contribution in [2.24, 2.45) is 0 Å². The Morgan fingerprint density at radius 1 is 0.884 bits per heavy atom. The van der Waals surface area contributed by atoms with Gasteiger partial charge in [0, 0.05) is 44.3 Å². The number of alkyl halides is 3. The van der Waals surface area contributed by atoms with Gasteiger partial charge in [0.05, 0.1) is 10.6 Å². The van der Waals surface area contributed by atoms with Gasteiger partial charge in [-0.1, -0.05) is 103 Å². The average Bonchev–Trinajstić information content (AvgIpc) is 3.38. The highest BCUT2D eigenvalue weighted by atomic mass is 35.5. The Bertz CT molecular complexity index is 1510. The summed E-state index contributed by atoms with van der Waals surface area (Å²) in [6.45, 7) is 2.54. The fraction of sp³-hybridized carbons (Fsp3) is 0.206. The van der Waals surface area contributed by atoms with Crippen LogP contribution in [0.25, 0.3) is 11.0 Å². The van der Waals surface area contributed by atoms with Gasteiger partial charge in [-0.2, -0.15) is 13.2 Å². The fourth-order valence-corrected chi connectivity index (χ4v) is 5.15. The minimum absolute atomic E-state index is 0. The third-order valence-corrected chi connectivity index (χ3v) is 7.22. The van der Waals surface area contributed by atoms with Crippen LogP contribution in [0.4, 0.5) is 13.2 Å². The molecule has 0 bridgehead atoms. The lowest BCUT2D eigenvalue weighted by Gasteiger charge is -2.29. The molecule has 0 aliphatic carbocycles. The molecule has 5 aromatic rings. The van der Waals surface area contributed by atoms with E-state index in [4.69, 9.17) is 25.9 Å². The first kappa shape index (κ1) is 33.7. The summed E-state index contributed by atoms with van der Waals surface area (Å²) in [5, 5.41) is 8.20. The Hall–Kier alpha value is -3.78. The molecule has 9 heteroatoms. The number of halogens is 5. The molecule has 1 heterocycles. The van der Waals surface area contributed by atoms with Gasteiger partial charge in [-0.05, 0) is 34.9 Å². The highest BCUT2D eigenvalue weighted by molar-refractivity contribution is 6.32. The van der Waals surface area contributed by atoms with Gasteiger partial charge < -0.3 is 9.52 Å². The van der Waals surface area contributed by atoms with Crippen LogP contribution in [0.5, 0.6) is 0 Å². The normalized spacial score (nSPS) is 11.2. The summed E-state index contributed by atoms with van der Waals surface area (Å²) in [6.07, 6.45) is -3.90.